The third-order valence-electron chi connectivity index (χ3n) is 6.87. The van der Waals surface area contributed by atoms with Gasteiger partial charge in [0.25, 0.3) is 0 Å². The van der Waals surface area contributed by atoms with Crippen LogP contribution in [0.3, 0.4) is 0 Å². The van der Waals surface area contributed by atoms with E-state index in [1.165, 1.54) is 11.1 Å². The van der Waals surface area contributed by atoms with Gasteiger partial charge in [-0.1, -0.05) is 55.0 Å². The van der Waals surface area contributed by atoms with E-state index in [2.05, 4.69) is 34.9 Å². The maximum Gasteiger partial charge on any atom is 0.407 e. The van der Waals surface area contributed by atoms with Crippen LogP contribution in [0.2, 0.25) is 0 Å². The highest BCUT2D eigenvalue weighted by Crippen LogP contribution is 2.44. The van der Waals surface area contributed by atoms with Crippen LogP contribution in [-0.4, -0.2) is 56.0 Å². The maximum atomic E-state index is 12.2. The summed E-state index contributed by atoms with van der Waals surface area (Å²) in [5.74, 6) is -1.30. The number of alkyl carbamates (subject to hydrolysis) is 1. The number of carbonyl (C=O) groups excluding carboxylic acids is 2. The van der Waals surface area contributed by atoms with Crippen LogP contribution in [0.1, 0.15) is 42.7 Å². The van der Waals surface area contributed by atoms with Crippen molar-refractivity contribution in [3.8, 4) is 11.1 Å². The number of hydrogen-bond acceptors (Lipinski definition) is 5. The molecule has 0 bridgehead atoms. The molecule has 35 heavy (non-hydrogen) atoms. The third kappa shape index (κ3) is 6.19. The number of carbonyl (C=O) groups is 3. The highest BCUT2D eigenvalue weighted by Gasteiger charge is 2.33. The molecule has 2 aromatic carbocycles. The summed E-state index contributed by atoms with van der Waals surface area (Å²) in [5.41, 5.74) is 4.68. The van der Waals surface area contributed by atoms with Gasteiger partial charge >= 0.3 is 12.1 Å². The Kier molecular flexibility index (Phi) is 8.36. The molecule has 2 aliphatic rings. The summed E-state index contributed by atoms with van der Waals surface area (Å²) in [4.78, 5) is 35.3. The van der Waals surface area contributed by atoms with Crippen LogP contribution >= 0.6 is 0 Å². The van der Waals surface area contributed by atoms with Crippen molar-refractivity contribution < 1.29 is 29.0 Å². The van der Waals surface area contributed by atoms with E-state index in [1.807, 2.05) is 24.3 Å². The number of nitrogens with one attached hydrogen (secondary N) is 2. The Bertz CT molecular complexity index is 1010. The SMILES string of the molecule is O=C(CCOCCNC(=O)OCC1c2ccccc2-c2ccccc21)NC[C@H]1CCC[C@H]1C(=O)O. The van der Waals surface area contributed by atoms with Crippen LogP contribution in [0.5, 0.6) is 0 Å². The second kappa shape index (κ2) is 11.8. The van der Waals surface area contributed by atoms with E-state index in [-0.39, 0.29) is 56.4 Å². The van der Waals surface area contributed by atoms with Crippen molar-refractivity contribution >= 4 is 18.0 Å². The van der Waals surface area contributed by atoms with Gasteiger partial charge in [-0.05, 0) is 41.0 Å². The van der Waals surface area contributed by atoms with Crippen molar-refractivity contribution in [3.63, 3.8) is 0 Å². The second-order valence-corrected chi connectivity index (χ2v) is 9.05. The predicted octanol–water partition coefficient (Wildman–Crippen LogP) is 3.55. The number of fused-ring (bicyclic) bond motifs is 3. The van der Waals surface area contributed by atoms with E-state index >= 15 is 0 Å². The Labute approximate surface area is 205 Å². The quantitative estimate of drug-likeness (QED) is 0.424. The van der Waals surface area contributed by atoms with Gasteiger partial charge in [0, 0.05) is 25.4 Å². The first-order valence-electron chi connectivity index (χ1n) is 12.2. The largest absolute Gasteiger partial charge is 0.481 e. The number of benzene rings is 2. The van der Waals surface area contributed by atoms with Crippen molar-refractivity contribution in [2.45, 2.75) is 31.6 Å². The molecule has 8 heteroatoms. The van der Waals surface area contributed by atoms with Gasteiger partial charge in [0.1, 0.15) is 6.61 Å². The molecule has 1 saturated carbocycles. The van der Waals surface area contributed by atoms with Gasteiger partial charge in [0.2, 0.25) is 5.91 Å². The van der Waals surface area contributed by atoms with Gasteiger partial charge < -0.3 is 25.2 Å². The van der Waals surface area contributed by atoms with Gasteiger partial charge in [0.05, 0.1) is 19.1 Å². The second-order valence-electron chi connectivity index (χ2n) is 9.05. The number of aliphatic carboxylic acids is 1. The van der Waals surface area contributed by atoms with E-state index in [1.54, 1.807) is 0 Å². The zero-order valence-corrected chi connectivity index (χ0v) is 19.7. The highest BCUT2D eigenvalue weighted by molar-refractivity contribution is 5.79. The molecule has 2 amide bonds. The molecule has 8 nitrogen and oxygen atoms in total. The fourth-order valence-electron chi connectivity index (χ4n) is 5.08. The lowest BCUT2D eigenvalue weighted by atomic mass is 9.96. The summed E-state index contributed by atoms with van der Waals surface area (Å²) in [5, 5.41) is 14.7. The topological polar surface area (TPSA) is 114 Å². The van der Waals surface area contributed by atoms with Gasteiger partial charge in [-0.15, -0.1) is 0 Å². The number of hydrogen-bond donors (Lipinski definition) is 3. The standard InChI is InChI=1S/C27H32N2O6/c30-25(29-16-18-6-5-11-19(18)26(31)32)12-14-34-15-13-28-27(33)35-17-24-22-9-3-1-7-20(22)21-8-2-4-10-23(21)24/h1-4,7-10,18-19,24H,5-6,11-17H2,(H,28,33)(H,29,30)(H,31,32)/t18-,19-/m1/s1. The molecule has 0 aliphatic heterocycles. The average Bonchev–Trinajstić information content (AvgIpc) is 3.46. The highest BCUT2D eigenvalue weighted by atomic mass is 16.5. The minimum absolute atomic E-state index is 0.00114. The molecule has 1 fully saturated rings. The van der Waals surface area contributed by atoms with Crippen LogP contribution in [-0.2, 0) is 19.1 Å². The Hall–Kier alpha value is -3.39. The van der Waals surface area contributed by atoms with Crippen LogP contribution in [0, 0.1) is 11.8 Å². The monoisotopic (exact) mass is 480 g/mol. The van der Waals surface area contributed by atoms with Gasteiger partial charge in [-0.25, -0.2) is 4.79 Å². The molecule has 0 unspecified atom stereocenters. The normalized spacial score (nSPS) is 18.5. The fourth-order valence-corrected chi connectivity index (χ4v) is 5.08. The van der Waals surface area contributed by atoms with Crippen LogP contribution < -0.4 is 10.6 Å². The molecule has 0 heterocycles. The van der Waals surface area contributed by atoms with Crippen molar-refractivity contribution in [1.29, 1.82) is 0 Å². The summed E-state index contributed by atoms with van der Waals surface area (Å²) in [6.45, 7) is 1.41. The Morgan fingerprint density at radius 2 is 1.60 bits per heavy atom. The first-order chi connectivity index (χ1) is 17.0. The first kappa shape index (κ1) is 24.7. The average molecular weight is 481 g/mol. The molecule has 186 valence electrons. The van der Waals surface area contributed by atoms with Crippen molar-refractivity contribution in [2.24, 2.45) is 11.8 Å². The number of ether oxygens (including phenoxy) is 2. The molecule has 0 aromatic heterocycles. The zero-order valence-electron chi connectivity index (χ0n) is 19.7. The molecule has 0 saturated heterocycles. The Morgan fingerprint density at radius 3 is 2.29 bits per heavy atom. The number of carboxylic acids is 1. The van der Waals surface area contributed by atoms with E-state index in [4.69, 9.17) is 9.47 Å². The zero-order chi connectivity index (χ0) is 24.6. The van der Waals surface area contributed by atoms with Crippen molar-refractivity contribution in [1.82, 2.24) is 10.6 Å². The number of amides is 2. The molecule has 0 radical (unpaired) electrons. The lowest BCUT2D eigenvalue weighted by Crippen LogP contribution is -2.33. The smallest absolute Gasteiger partial charge is 0.407 e. The molecule has 2 aliphatic carbocycles. The minimum Gasteiger partial charge on any atom is -0.481 e. The number of rotatable bonds is 11. The summed E-state index contributed by atoms with van der Waals surface area (Å²) in [7, 11) is 0. The lowest BCUT2D eigenvalue weighted by molar-refractivity contribution is -0.143. The fraction of sp³-hybridized carbons (Fsp3) is 0.444. The van der Waals surface area contributed by atoms with Crippen LogP contribution in [0.15, 0.2) is 48.5 Å². The molecular weight excluding hydrogens is 448 g/mol. The molecule has 2 atom stereocenters. The Morgan fingerprint density at radius 1 is 0.914 bits per heavy atom. The summed E-state index contributed by atoms with van der Waals surface area (Å²) >= 11 is 0. The summed E-state index contributed by atoms with van der Waals surface area (Å²) < 4.78 is 10.9. The number of carboxylic acid groups (broad SMARTS) is 1. The lowest BCUT2D eigenvalue weighted by Gasteiger charge is -2.16. The Balaban J connectivity index is 1.09. The summed E-state index contributed by atoms with van der Waals surface area (Å²) in [6, 6.07) is 16.3. The van der Waals surface area contributed by atoms with E-state index < -0.39 is 12.1 Å². The van der Waals surface area contributed by atoms with Gasteiger partial charge in [0.15, 0.2) is 0 Å². The third-order valence-corrected chi connectivity index (χ3v) is 6.87. The first-order valence-corrected chi connectivity index (χ1v) is 12.2. The van der Waals surface area contributed by atoms with E-state index in [0.29, 0.717) is 13.0 Å². The molecule has 3 N–H and O–H groups in total. The molecular formula is C27H32N2O6. The molecule has 2 aromatic rings. The van der Waals surface area contributed by atoms with Crippen molar-refractivity contribution in [3.05, 3.63) is 59.7 Å². The minimum atomic E-state index is -0.783. The van der Waals surface area contributed by atoms with E-state index in [9.17, 15) is 19.5 Å². The maximum absolute atomic E-state index is 12.2. The van der Waals surface area contributed by atoms with E-state index in [0.717, 1.165) is 24.0 Å². The molecule has 4 rings (SSSR count). The van der Waals surface area contributed by atoms with Gasteiger partial charge in [-0.2, -0.15) is 0 Å². The summed E-state index contributed by atoms with van der Waals surface area (Å²) in [6.07, 6.45) is 2.08. The van der Waals surface area contributed by atoms with Crippen LogP contribution in [0.25, 0.3) is 11.1 Å². The van der Waals surface area contributed by atoms with Gasteiger partial charge in [-0.3, -0.25) is 9.59 Å². The van der Waals surface area contributed by atoms with Crippen molar-refractivity contribution in [2.75, 3.05) is 32.9 Å². The molecule has 0 spiro atoms. The van der Waals surface area contributed by atoms with Crippen LogP contribution in [0.4, 0.5) is 4.79 Å². The predicted molar refractivity (Wildman–Crippen MR) is 130 cm³/mol.